The Morgan fingerprint density at radius 1 is 1.23 bits per heavy atom. The van der Waals surface area contributed by atoms with Crippen molar-refractivity contribution in [2.45, 2.75) is 72.5 Å². The summed E-state index contributed by atoms with van der Waals surface area (Å²) in [6, 6.07) is 8.31. The SMILES string of the molecule is C=CCN(C)C(=O)[C@H]1[C@H]2C(=O)N([C@@H](CO)Cc3ccccc3)C(C(=O)N(CC=C)C(C)CCC)C23CC(Br)[C@@H]1S3. The number of hydrogen-bond donors (Lipinski definition) is 1. The minimum absolute atomic E-state index is 0.00880. The number of hydrogen-bond acceptors (Lipinski definition) is 5. The predicted octanol–water partition coefficient (Wildman–Crippen LogP) is 3.90. The molecule has 3 heterocycles. The third-order valence-electron chi connectivity index (χ3n) is 8.79. The van der Waals surface area contributed by atoms with Gasteiger partial charge in [0.15, 0.2) is 0 Å². The molecule has 3 amide bonds. The first kappa shape index (κ1) is 30.8. The third kappa shape index (κ3) is 5.29. The number of fused-ring (bicyclic) bond motifs is 1. The van der Waals surface area contributed by atoms with E-state index in [1.165, 1.54) is 0 Å². The van der Waals surface area contributed by atoms with Crippen LogP contribution in [0, 0.1) is 11.8 Å². The van der Waals surface area contributed by atoms with Gasteiger partial charge in [-0.25, -0.2) is 0 Å². The highest BCUT2D eigenvalue weighted by Crippen LogP contribution is 2.68. The summed E-state index contributed by atoms with van der Waals surface area (Å²) < 4.78 is -0.766. The van der Waals surface area contributed by atoms with Crippen molar-refractivity contribution in [3.63, 3.8) is 0 Å². The number of halogens is 1. The van der Waals surface area contributed by atoms with Gasteiger partial charge in [-0.3, -0.25) is 14.4 Å². The highest BCUT2D eigenvalue weighted by molar-refractivity contribution is 9.09. The average Bonchev–Trinajstić information content (AvgIpc) is 3.53. The first-order valence-corrected chi connectivity index (χ1v) is 16.0. The molecule has 0 aliphatic carbocycles. The maximum Gasteiger partial charge on any atom is 0.247 e. The second-order valence-corrected chi connectivity index (χ2v) is 14.1. The highest BCUT2D eigenvalue weighted by atomic mass is 79.9. The number of thioether (sulfide) groups is 1. The number of aliphatic hydroxyl groups excluding tert-OH is 1. The van der Waals surface area contributed by atoms with Crippen LogP contribution in [0.2, 0.25) is 0 Å². The quantitative estimate of drug-likeness (QED) is 0.264. The zero-order valence-electron chi connectivity index (χ0n) is 23.7. The van der Waals surface area contributed by atoms with Crippen molar-refractivity contribution >= 4 is 45.4 Å². The molecule has 3 aliphatic heterocycles. The van der Waals surface area contributed by atoms with Crippen LogP contribution in [0.1, 0.15) is 38.7 Å². The molecule has 1 aromatic carbocycles. The molecule has 3 aliphatic rings. The molecule has 4 rings (SSSR count). The monoisotopic (exact) mass is 631 g/mol. The van der Waals surface area contributed by atoms with E-state index in [0.29, 0.717) is 25.9 Å². The lowest BCUT2D eigenvalue weighted by Gasteiger charge is -2.41. The van der Waals surface area contributed by atoms with Crippen LogP contribution in [0.5, 0.6) is 0 Å². The Kier molecular flexibility index (Phi) is 9.89. The number of carbonyl (C=O) groups excluding carboxylic acids is 3. The topological polar surface area (TPSA) is 81.2 Å². The maximum absolute atomic E-state index is 14.7. The molecule has 2 bridgehead atoms. The Morgan fingerprint density at radius 2 is 1.90 bits per heavy atom. The van der Waals surface area contributed by atoms with Gasteiger partial charge < -0.3 is 19.8 Å². The van der Waals surface area contributed by atoms with Crippen molar-refractivity contribution in [2.75, 3.05) is 26.7 Å². The van der Waals surface area contributed by atoms with Crippen LogP contribution in [-0.2, 0) is 20.8 Å². The van der Waals surface area contributed by atoms with Crippen LogP contribution in [0.25, 0.3) is 0 Å². The van der Waals surface area contributed by atoms with E-state index >= 15 is 0 Å². The maximum atomic E-state index is 14.7. The Hall–Kier alpha value is -2.10. The van der Waals surface area contributed by atoms with E-state index in [0.717, 1.165) is 18.4 Å². The number of nitrogens with zero attached hydrogens (tertiary/aromatic N) is 3. The van der Waals surface area contributed by atoms with Crippen molar-refractivity contribution < 1.29 is 19.5 Å². The molecule has 1 spiro atoms. The molecule has 0 radical (unpaired) electrons. The lowest BCUT2D eigenvalue weighted by atomic mass is 9.70. The van der Waals surface area contributed by atoms with Gasteiger partial charge in [0.25, 0.3) is 0 Å². The number of amides is 3. The summed E-state index contributed by atoms with van der Waals surface area (Å²) in [5, 5.41) is 10.6. The van der Waals surface area contributed by atoms with Gasteiger partial charge in [0.05, 0.1) is 29.2 Å². The number of rotatable bonds is 13. The van der Waals surface area contributed by atoms with Crippen molar-refractivity contribution in [3.05, 3.63) is 61.2 Å². The van der Waals surface area contributed by atoms with Crippen LogP contribution in [0.4, 0.5) is 0 Å². The van der Waals surface area contributed by atoms with Crippen LogP contribution in [-0.4, -0.2) is 97.2 Å². The number of likely N-dealkylation sites (N-methyl/N-ethyl adjacent to an activating group) is 1. The summed E-state index contributed by atoms with van der Waals surface area (Å²) in [6.07, 6.45) is 6.18. The molecular formula is C31H42BrN3O4S. The third-order valence-corrected chi connectivity index (χ3v) is 12.0. The summed E-state index contributed by atoms with van der Waals surface area (Å²) >= 11 is 5.47. The van der Waals surface area contributed by atoms with Crippen LogP contribution >= 0.6 is 27.7 Å². The summed E-state index contributed by atoms with van der Waals surface area (Å²) in [5.41, 5.74) is 0.978. The molecule has 9 heteroatoms. The first-order valence-electron chi connectivity index (χ1n) is 14.2. The molecule has 1 aromatic rings. The summed E-state index contributed by atoms with van der Waals surface area (Å²) in [5.74, 6) is -1.61. The number of benzene rings is 1. The van der Waals surface area contributed by atoms with Crippen LogP contribution < -0.4 is 0 Å². The molecule has 0 aromatic heterocycles. The smallest absolute Gasteiger partial charge is 0.247 e. The molecule has 7 nitrogen and oxygen atoms in total. The Balaban J connectivity index is 1.83. The summed E-state index contributed by atoms with van der Waals surface area (Å²) in [4.78, 5) is 48.2. The largest absolute Gasteiger partial charge is 0.394 e. The van der Waals surface area contributed by atoms with E-state index in [-0.39, 0.29) is 40.4 Å². The summed E-state index contributed by atoms with van der Waals surface area (Å²) in [7, 11) is 1.74. The van der Waals surface area contributed by atoms with E-state index in [2.05, 4.69) is 36.0 Å². The number of likely N-dealkylation sites (tertiary alicyclic amines) is 1. The second-order valence-electron chi connectivity index (χ2n) is 11.4. The van der Waals surface area contributed by atoms with Crippen molar-refractivity contribution in [1.82, 2.24) is 14.7 Å². The average molecular weight is 633 g/mol. The summed E-state index contributed by atoms with van der Waals surface area (Å²) in [6.45, 7) is 12.3. The standard InChI is InChI=1S/C31H42BrN3O4S/c1-6-12-20(4)34(16-8-3)30(39)27-31-18-23(32)26(40-31)24(28(37)33(5)15-7-2)25(31)29(38)35(27)22(19-36)17-21-13-10-9-11-14-21/h7-11,13-14,20,22-27,36H,2-3,6,12,15-19H2,1,4-5H3/t20?,22-,23?,24+,25+,26+,27?,31?/m1/s1. The van der Waals surface area contributed by atoms with Crippen molar-refractivity contribution in [3.8, 4) is 0 Å². The Labute approximate surface area is 251 Å². The van der Waals surface area contributed by atoms with Crippen molar-refractivity contribution in [1.29, 1.82) is 0 Å². The van der Waals surface area contributed by atoms with Gasteiger partial charge in [0, 0.05) is 36.3 Å². The fraction of sp³-hybridized carbons (Fsp3) is 0.581. The molecule has 3 fully saturated rings. The van der Waals surface area contributed by atoms with Crippen molar-refractivity contribution in [2.24, 2.45) is 11.8 Å². The van der Waals surface area contributed by atoms with E-state index < -0.39 is 28.7 Å². The zero-order valence-corrected chi connectivity index (χ0v) is 26.1. The molecule has 0 saturated carbocycles. The van der Waals surface area contributed by atoms with Gasteiger partial charge in [-0.05, 0) is 31.7 Å². The minimum Gasteiger partial charge on any atom is -0.394 e. The van der Waals surface area contributed by atoms with Crippen LogP contribution in [0.3, 0.4) is 0 Å². The van der Waals surface area contributed by atoms with E-state index in [1.54, 1.807) is 40.8 Å². The molecule has 1 N–H and O–H groups in total. The second kappa shape index (κ2) is 12.8. The molecule has 40 heavy (non-hydrogen) atoms. The number of alkyl halides is 1. The van der Waals surface area contributed by atoms with Gasteiger partial charge in [0.2, 0.25) is 17.7 Å². The lowest BCUT2D eigenvalue weighted by Crippen LogP contribution is -2.59. The zero-order chi connectivity index (χ0) is 29.2. The lowest BCUT2D eigenvalue weighted by molar-refractivity contribution is -0.147. The van der Waals surface area contributed by atoms with E-state index in [1.807, 2.05) is 42.2 Å². The van der Waals surface area contributed by atoms with E-state index in [4.69, 9.17) is 0 Å². The number of carbonyl (C=O) groups is 3. The van der Waals surface area contributed by atoms with Gasteiger partial charge >= 0.3 is 0 Å². The Bertz CT molecular complexity index is 1120. The van der Waals surface area contributed by atoms with Gasteiger partial charge in [-0.2, -0.15) is 0 Å². The number of aliphatic hydroxyl groups is 1. The Morgan fingerprint density at radius 3 is 2.50 bits per heavy atom. The molecule has 8 atom stereocenters. The van der Waals surface area contributed by atoms with Gasteiger partial charge in [-0.1, -0.05) is 71.8 Å². The van der Waals surface area contributed by atoms with Gasteiger partial charge in [-0.15, -0.1) is 24.9 Å². The normalized spacial score (nSPS) is 30.1. The van der Waals surface area contributed by atoms with Gasteiger partial charge in [0.1, 0.15) is 6.04 Å². The first-order chi connectivity index (χ1) is 19.2. The molecular weight excluding hydrogens is 590 g/mol. The minimum atomic E-state index is -0.789. The molecule has 3 saturated heterocycles. The fourth-order valence-corrected chi connectivity index (χ4v) is 10.6. The predicted molar refractivity (Wildman–Crippen MR) is 164 cm³/mol. The molecule has 4 unspecified atom stereocenters. The highest BCUT2D eigenvalue weighted by Gasteiger charge is 2.76. The van der Waals surface area contributed by atoms with Crippen LogP contribution in [0.15, 0.2) is 55.6 Å². The van der Waals surface area contributed by atoms with E-state index in [9.17, 15) is 19.5 Å². The fourth-order valence-electron chi connectivity index (χ4n) is 7.05. The molecule has 218 valence electrons.